The van der Waals surface area contributed by atoms with Gasteiger partial charge in [0.2, 0.25) is 0 Å². The normalized spacial score (nSPS) is 11.0. The highest BCUT2D eigenvalue weighted by molar-refractivity contribution is 6.33. The fourth-order valence-electron chi connectivity index (χ4n) is 1.85. The quantitative estimate of drug-likeness (QED) is 0.808. The van der Waals surface area contributed by atoms with Gasteiger partial charge in [-0.05, 0) is 23.8 Å². The summed E-state index contributed by atoms with van der Waals surface area (Å²) in [5, 5.41) is 11.5. The summed E-state index contributed by atoms with van der Waals surface area (Å²) < 4.78 is 0. The van der Waals surface area contributed by atoms with Gasteiger partial charge < -0.3 is 10.4 Å². The number of carbonyl (C=O) groups excluding carboxylic acids is 1. The van der Waals surface area contributed by atoms with E-state index in [-0.39, 0.29) is 16.6 Å². The molecule has 1 aromatic carbocycles. The molecule has 0 spiro atoms. The summed E-state index contributed by atoms with van der Waals surface area (Å²) in [6, 6.07) is 6.71. The van der Waals surface area contributed by atoms with E-state index in [0.717, 1.165) is 6.08 Å². The zero-order valence-corrected chi connectivity index (χ0v) is 13.9. The van der Waals surface area contributed by atoms with Crippen LogP contribution in [-0.4, -0.2) is 27.0 Å². The van der Waals surface area contributed by atoms with Gasteiger partial charge in [-0.15, -0.1) is 0 Å². The number of hydrogen-bond acceptors (Lipinski definition) is 4. The van der Waals surface area contributed by atoms with Crippen LogP contribution in [0.1, 0.15) is 41.6 Å². The molecule has 1 aromatic heterocycles. The van der Waals surface area contributed by atoms with Gasteiger partial charge in [-0.1, -0.05) is 37.6 Å². The summed E-state index contributed by atoms with van der Waals surface area (Å²) in [6.07, 6.45) is 3.92. The maximum absolute atomic E-state index is 12.3. The molecule has 24 heavy (non-hydrogen) atoms. The molecule has 0 radical (unpaired) electrons. The third-order valence-corrected chi connectivity index (χ3v) is 3.36. The lowest BCUT2D eigenvalue weighted by Gasteiger charge is -2.09. The number of anilines is 1. The highest BCUT2D eigenvalue weighted by Gasteiger charge is 2.15. The van der Waals surface area contributed by atoms with Crippen molar-refractivity contribution in [2.75, 3.05) is 5.32 Å². The lowest BCUT2D eigenvalue weighted by atomic mass is 10.2. The molecule has 1 amide bonds. The van der Waals surface area contributed by atoms with Gasteiger partial charge in [0.05, 0.1) is 11.2 Å². The fraction of sp³-hybridized carbons (Fsp3) is 0.176. The van der Waals surface area contributed by atoms with Gasteiger partial charge >= 0.3 is 5.97 Å². The highest BCUT2D eigenvalue weighted by Crippen LogP contribution is 2.18. The maximum atomic E-state index is 12.3. The zero-order valence-electron chi connectivity index (χ0n) is 13.2. The Labute approximate surface area is 144 Å². The van der Waals surface area contributed by atoms with Gasteiger partial charge in [0.25, 0.3) is 5.91 Å². The number of carboxylic acids is 1. The Morgan fingerprint density at radius 2 is 1.92 bits per heavy atom. The number of carbonyl (C=O) groups is 2. The van der Waals surface area contributed by atoms with Gasteiger partial charge in [-0.2, -0.15) is 0 Å². The molecule has 0 aliphatic rings. The molecule has 0 unspecified atom stereocenters. The second kappa shape index (κ2) is 7.70. The molecule has 0 saturated heterocycles. The van der Waals surface area contributed by atoms with E-state index < -0.39 is 11.9 Å². The van der Waals surface area contributed by atoms with E-state index in [2.05, 4.69) is 15.3 Å². The third-order valence-electron chi connectivity index (χ3n) is 3.08. The molecule has 2 aromatic rings. The Bertz CT molecular complexity index is 786. The van der Waals surface area contributed by atoms with Crippen molar-refractivity contribution in [1.29, 1.82) is 0 Å². The summed E-state index contributed by atoms with van der Waals surface area (Å²) in [4.78, 5) is 31.1. The van der Waals surface area contributed by atoms with Crippen molar-refractivity contribution in [1.82, 2.24) is 9.97 Å². The number of amides is 1. The topological polar surface area (TPSA) is 92.2 Å². The summed E-state index contributed by atoms with van der Waals surface area (Å²) >= 11 is 6.01. The second-order valence-corrected chi connectivity index (χ2v) is 5.73. The Morgan fingerprint density at radius 1 is 1.25 bits per heavy atom. The van der Waals surface area contributed by atoms with Gasteiger partial charge in [-0.3, -0.25) is 4.79 Å². The second-order valence-electron chi connectivity index (χ2n) is 5.33. The molecule has 2 rings (SSSR count). The van der Waals surface area contributed by atoms with E-state index in [0.29, 0.717) is 17.1 Å². The molecule has 0 fully saturated rings. The minimum atomic E-state index is -1.02. The Kier molecular flexibility index (Phi) is 5.65. The average molecular weight is 346 g/mol. The smallest absolute Gasteiger partial charge is 0.328 e. The SMILES string of the molecule is CC(C)c1ncc(Cl)c(C(=O)Nc2ccc(C=CC(=O)O)cc2)n1. The first-order valence-electron chi connectivity index (χ1n) is 7.21. The molecule has 124 valence electrons. The molecular weight excluding hydrogens is 330 g/mol. The van der Waals surface area contributed by atoms with Gasteiger partial charge in [0, 0.05) is 17.7 Å². The fourth-order valence-corrected chi connectivity index (χ4v) is 2.03. The van der Waals surface area contributed by atoms with Crippen molar-refractivity contribution in [3.05, 3.63) is 58.6 Å². The Morgan fingerprint density at radius 3 is 2.50 bits per heavy atom. The number of benzene rings is 1. The number of carboxylic acid groups (broad SMARTS) is 1. The van der Waals surface area contributed by atoms with Crippen molar-refractivity contribution in [3.8, 4) is 0 Å². The largest absolute Gasteiger partial charge is 0.478 e. The first kappa shape index (κ1) is 17.6. The first-order chi connectivity index (χ1) is 11.4. The van der Waals surface area contributed by atoms with Crippen LogP contribution < -0.4 is 5.32 Å². The van der Waals surface area contributed by atoms with Gasteiger partial charge in [-0.25, -0.2) is 14.8 Å². The third kappa shape index (κ3) is 4.63. The Balaban J connectivity index is 2.15. The Hall–Kier alpha value is -2.73. The van der Waals surface area contributed by atoms with E-state index in [4.69, 9.17) is 16.7 Å². The summed E-state index contributed by atoms with van der Waals surface area (Å²) in [6.45, 7) is 3.85. The van der Waals surface area contributed by atoms with Crippen molar-refractivity contribution < 1.29 is 14.7 Å². The van der Waals surface area contributed by atoms with Crippen molar-refractivity contribution in [2.24, 2.45) is 0 Å². The minimum absolute atomic E-state index is 0.0779. The van der Waals surface area contributed by atoms with E-state index >= 15 is 0 Å². The average Bonchev–Trinajstić information content (AvgIpc) is 2.54. The maximum Gasteiger partial charge on any atom is 0.328 e. The van der Waals surface area contributed by atoms with Crippen molar-refractivity contribution >= 4 is 35.2 Å². The van der Waals surface area contributed by atoms with E-state index in [1.807, 2.05) is 13.8 Å². The molecule has 1 heterocycles. The molecule has 0 aliphatic heterocycles. The molecule has 0 saturated carbocycles. The number of aliphatic carboxylic acids is 1. The lowest BCUT2D eigenvalue weighted by Crippen LogP contribution is -2.16. The standard InChI is InChI=1S/C17H16ClN3O3/c1-10(2)16-19-9-13(18)15(21-16)17(24)20-12-6-3-11(4-7-12)5-8-14(22)23/h3-10H,1-2H3,(H,20,24)(H,22,23). The molecule has 6 nitrogen and oxygen atoms in total. The number of nitrogens with one attached hydrogen (secondary N) is 1. The zero-order chi connectivity index (χ0) is 17.7. The first-order valence-corrected chi connectivity index (χ1v) is 7.59. The predicted octanol–water partition coefficient (Wildman–Crippen LogP) is 3.60. The van der Waals surface area contributed by atoms with E-state index in [9.17, 15) is 9.59 Å². The van der Waals surface area contributed by atoms with Crippen molar-refractivity contribution in [2.45, 2.75) is 19.8 Å². The number of nitrogens with zero attached hydrogens (tertiary/aromatic N) is 2. The molecule has 7 heteroatoms. The van der Waals surface area contributed by atoms with Crippen molar-refractivity contribution in [3.63, 3.8) is 0 Å². The number of aromatic nitrogens is 2. The molecule has 0 aliphatic carbocycles. The monoisotopic (exact) mass is 345 g/mol. The molecule has 2 N–H and O–H groups in total. The van der Waals surface area contributed by atoms with Crippen LogP contribution in [0.15, 0.2) is 36.5 Å². The number of hydrogen-bond donors (Lipinski definition) is 2. The number of halogens is 1. The van der Waals surface area contributed by atoms with E-state index in [1.165, 1.54) is 12.3 Å². The van der Waals surface area contributed by atoms with Crippen LogP contribution in [0.4, 0.5) is 5.69 Å². The van der Waals surface area contributed by atoms with Crippen LogP contribution in [0.3, 0.4) is 0 Å². The van der Waals surface area contributed by atoms with Crippen LogP contribution >= 0.6 is 11.6 Å². The van der Waals surface area contributed by atoms with Crippen LogP contribution in [0.2, 0.25) is 5.02 Å². The highest BCUT2D eigenvalue weighted by atomic mass is 35.5. The predicted molar refractivity (Wildman–Crippen MR) is 92.2 cm³/mol. The van der Waals surface area contributed by atoms with Crippen LogP contribution in [-0.2, 0) is 4.79 Å². The lowest BCUT2D eigenvalue weighted by molar-refractivity contribution is -0.131. The van der Waals surface area contributed by atoms with Gasteiger partial charge in [0.15, 0.2) is 5.69 Å². The van der Waals surface area contributed by atoms with E-state index in [1.54, 1.807) is 24.3 Å². The van der Waals surface area contributed by atoms with Crippen LogP contribution in [0.5, 0.6) is 0 Å². The summed E-state index contributed by atoms with van der Waals surface area (Å²) in [5.74, 6) is -0.835. The minimum Gasteiger partial charge on any atom is -0.478 e. The summed E-state index contributed by atoms with van der Waals surface area (Å²) in [7, 11) is 0. The molecular formula is C17H16ClN3O3. The number of rotatable bonds is 5. The molecule has 0 atom stereocenters. The van der Waals surface area contributed by atoms with Crippen LogP contribution in [0.25, 0.3) is 6.08 Å². The molecule has 0 bridgehead atoms. The van der Waals surface area contributed by atoms with Gasteiger partial charge in [0.1, 0.15) is 5.82 Å². The van der Waals surface area contributed by atoms with Crippen LogP contribution in [0, 0.1) is 0 Å². The summed E-state index contributed by atoms with van der Waals surface area (Å²) in [5.41, 5.74) is 1.37.